The van der Waals surface area contributed by atoms with Crippen molar-refractivity contribution in [3.05, 3.63) is 35.9 Å². The standard InChI is InChI=1S/C18H28N2O2/c1-3-20(4-2)18(21)14-19-12-10-17(11-13-19)22-15-16-8-6-5-7-9-16/h5-9,17H,3-4,10-15H2,1-2H3. The van der Waals surface area contributed by atoms with Crippen LogP contribution in [0.2, 0.25) is 0 Å². The van der Waals surface area contributed by atoms with Gasteiger partial charge in [0.1, 0.15) is 0 Å². The van der Waals surface area contributed by atoms with E-state index < -0.39 is 0 Å². The summed E-state index contributed by atoms with van der Waals surface area (Å²) < 4.78 is 5.99. The predicted octanol–water partition coefficient (Wildman–Crippen LogP) is 2.54. The number of hydrogen-bond acceptors (Lipinski definition) is 3. The van der Waals surface area contributed by atoms with E-state index in [9.17, 15) is 4.79 Å². The third-order valence-electron chi connectivity index (χ3n) is 4.34. The van der Waals surface area contributed by atoms with E-state index in [-0.39, 0.29) is 5.91 Å². The molecule has 1 fully saturated rings. The van der Waals surface area contributed by atoms with E-state index in [1.165, 1.54) is 5.56 Å². The van der Waals surface area contributed by atoms with Gasteiger partial charge in [0.05, 0.1) is 19.3 Å². The molecule has 1 heterocycles. The number of amides is 1. The lowest BCUT2D eigenvalue weighted by molar-refractivity contribution is -0.132. The van der Waals surface area contributed by atoms with Gasteiger partial charge in [0.2, 0.25) is 5.91 Å². The van der Waals surface area contributed by atoms with Crippen LogP contribution in [0, 0.1) is 0 Å². The van der Waals surface area contributed by atoms with E-state index in [2.05, 4.69) is 17.0 Å². The van der Waals surface area contributed by atoms with Crippen molar-refractivity contribution < 1.29 is 9.53 Å². The molecule has 22 heavy (non-hydrogen) atoms. The predicted molar refractivity (Wildman–Crippen MR) is 88.6 cm³/mol. The largest absolute Gasteiger partial charge is 0.373 e. The fourth-order valence-corrected chi connectivity index (χ4v) is 2.89. The van der Waals surface area contributed by atoms with Gasteiger partial charge in [-0.25, -0.2) is 0 Å². The van der Waals surface area contributed by atoms with Crippen molar-refractivity contribution in [2.75, 3.05) is 32.7 Å². The van der Waals surface area contributed by atoms with Crippen molar-refractivity contribution in [1.29, 1.82) is 0 Å². The summed E-state index contributed by atoms with van der Waals surface area (Å²) in [6.07, 6.45) is 2.34. The molecule has 1 aromatic carbocycles. The summed E-state index contributed by atoms with van der Waals surface area (Å²) in [4.78, 5) is 16.3. The SMILES string of the molecule is CCN(CC)C(=O)CN1CCC(OCc2ccccc2)CC1. The number of carbonyl (C=O) groups is 1. The summed E-state index contributed by atoms with van der Waals surface area (Å²) in [6.45, 7) is 8.80. The van der Waals surface area contributed by atoms with Gasteiger partial charge in [-0.3, -0.25) is 9.69 Å². The molecule has 0 bridgehead atoms. The number of carbonyl (C=O) groups excluding carboxylic acids is 1. The van der Waals surface area contributed by atoms with Gasteiger partial charge in [-0.05, 0) is 32.3 Å². The Balaban J connectivity index is 1.68. The van der Waals surface area contributed by atoms with Crippen molar-refractivity contribution >= 4 is 5.91 Å². The Morgan fingerprint density at radius 1 is 1.18 bits per heavy atom. The number of likely N-dealkylation sites (tertiary alicyclic amines) is 1. The smallest absolute Gasteiger partial charge is 0.236 e. The van der Waals surface area contributed by atoms with E-state index in [1.807, 2.05) is 36.9 Å². The summed E-state index contributed by atoms with van der Waals surface area (Å²) in [5.41, 5.74) is 1.22. The van der Waals surface area contributed by atoms with Crippen molar-refractivity contribution in [2.45, 2.75) is 39.4 Å². The van der Waals surface area contributed by atoms with Crippen LogP contribution in [0.15, 0.2) is 30.3 Å². The second-order valence-electron chi connectivity index (χ2n) is 5.84. The lowest BCUT2D eigenvalue weighted by atomic mass is 10.1. The summed E-state index contributed by atoms with van der Waals surface area (Å²) in [6, 6.07) is 10.3. The van der Waals surface area contributed by atoms with Crippen LogP contribution in [-0.2, 0) is 16.1 Å². The summed E-state index contributed by atoms with van der Waals surface area (Å²) in [7, 11) is 0. The molecule has 4 heteroatoms. The maximum absolute atomic E-state index is 12.1. The molecule has 0 saturated carbocycles. The second kappa shape index (κ2) is 8.91. The number of hydrogen-bond donors (Lipinski definition) is 0. The van der Waals surface area contributed by atoms with Crippen LogP contribution in [0.3, 0.4) is 0 Å². The van der Waals surface area contributed by atoms with Crippen LogP contribution >= 0.6 is 0 Å². The Hall–Kier alpha value is -1.39. The Morgan fingerprint density at radius 2 is 1.82 bits per heavy atom. The van der Waals surface area contributed by atoms with Gasteiger partial charge in [-0.2, -0.15) is 0 Å². The summed E-state index contributed by atoms with van der Waals surface area (Å²) >= 11 is 0. The molecular formula is C18H28N2O2. The van der Waals surface area contributed by atoms with Gasteiger partial charge < -0.3 is 9.64 Å². The van der Waals surface area contributed by atoms with E-state index in [4.69, 9.17) is 4.74 Å². The zero-order chi connectivity index (χ0) is 15.8. The summed E-state index contributed by atoms with van der Waals surface area (Å²) in [5.74, 6) is 0.244. The van der Waals surface area contributed by atoms with Gasteiger partial charge in [0.25, 0.3) is 0 Å². The third-order valence-corrected chi connectivity index (χ3v) is 4.34. The topological polar surface area (TPSA) is 32.8 Å². The number of benzene rings is 1. The van der Waals surface area contributed by atoms with Gasteiger partial charge >= 0.3 is 0 Å². The molecule has 122 valence electrons. The first-order valence-electron chi connectivity index (χ1n) is 8.38. The molecule has 1 aliphatic heterocycles. The van der Waals surface area contributed by atoms with Crippen LogP contribution in [0.25, 0.3) is 0 Å². The Kier molecular flexibility index (Phi) is 6.87. The minimum atomic E-state index is 0.244. The average Bonchev–Trinajstić information content (AvgIpc) is 2.56. The van der Waals surface area contributed by atoms with Gasteiger partial charge in [0.15, 0.2) is 0 Å². The highest BCUT2D eigenvalue weighted by molar-refractivity contribution is 5.78. The van der Waals surface area contributed by atoms with E-state index >= 15 is 0 Å². The molecule has 0 aliphatic carbocycles. The molecule has 0 atom stereocenters. The number of ether oxygens (including phenoxy) is 1. The van der Waals surface area contributed by atoms with Crippen molar-refractivity contribution in [3.8, 4) is 0 Å². The molecule has 0 unspecified atom stereocenters. The maximum Gasteiger partial charge on any atom is 0.236 e. The number of rotatable bonds is 7. The minimum Gasteiger partial charge on any atom is -0.373 e. The molecule has 0 spiro atoms. The van der Waals surface area contributed by atoms with Gasteiger partial charge in [-0.1, -0.05) is 30.3 Å². The monoisotopic (exact) mass is 304 g/mol. The zero-order valence-corrected chi connectivity index (χ0v) is 13.8. The molecule has 1 amide bonds. The first-order chi connectivity index (χ1) is 10.7. The first kappa shape index (κ1) is 17.0. The van der Waals surface area contributed by atoms with Crippen LogP contribution in [-0.4, -0.2) is 54.5 Å². The van der Waals surface area contributed by atoms with Crippen LogP contribution < -0.4 is 0 Å². The van der Waals surface area contributed by atoms with Crippen molar-refractivity contribution in [3.63, 3.8) is 0 Å². The molecule has 4 nitrogen and oxygen atoms in total. The Bertz CT molecular complexity index is 438. The molecular weight excluding hydrogens is 276 g/mol. The normalized spacial score (nSPS) is 16.6. The number of nitrogens with zero attached hydrogens (tertiary/aromatic N) is 2. The fraction of sp³-hybridized carbons (Fsp3) is 0.611. The van der Waals surface area contributed by atoms with E-state index in [0.717, 1.165) is 39.0 Å². The van der Waals surface area contributed by atoms with Crippen molar-refractivity contribution in [1.82, 2.24) is 9.80 Å². The molecule has 1 aliphatic rings. The lowest BCUT2D eigenvalue weighted by Gasteiger charge is -2.32. The minimum absolute atomic E-state index is 0.244. The molecule has 1 aromatic rings. The molecule has 0 aromatic heterocycles. The summed E-state index contributed by atoms with van der Waals surface area (Å²) in [5, 5.41) is 0. The Morgan fingerprint density at radius 3 is 2.41 bits per heavy atom. The van der Waals surface area contributed by atoms with Crippen LogP contribution in [0.5, 0.6) is 0 Å². The highest BCUT2D eigenvalue weighted by Crippen LogP contribution is 2.15. The number of piperidine rings is 1. The van der Waals surface area contributed by atoms with E-state index in [0.29, 0.717) is 19.3 Å². The van der Waals surface area contributed by atoms with Crippen molar-refractivity contribution in [2.24, 2.45) is 0 Å². The highest BCUT2D eigenvalue weighted by Gasteiger charge is 2.22. The lowest BCUT2D eigenvalue weighted by Crippen LogP contribution is -2.44. The van der Waals surface area contributed by atoms with Gasteiger partial charge in [0, 0.05) is 26.2 Å². The highest BCUT2D eigenvalue weighted by atomic mass is 16.5. The number of likely N-dealkylation sites (N-methyl/N-ethyl adjacent to an activating group) is 1. The Labute approximate surface area is 134 Å². The van der Waals surface area contributed by atoms with E-state index in [1.54, 1.807) is 0 Å². The van der Waals surface area contributed by atoms with Crippen LogP contribution in [0.1, 0.15) is 32.3 Å². The molecule has 1 saturated heterocycles. The van der Waals surface area contributed by atoms with Gasteiger partial charge in [-0.15, -0.1) is 0 Å². The first-order valence-corrected chi connectivity index (χ1v) is 8.38. The molecule has 2 rings (SSSR count). The third kappa shape index (κ3) is 5.11. The average molecular weight is 304 g/mol. The zero-order valence-electron chi connectivity index (χ0n) is 13.8. The van der Waals surface area contributed by atoms with Crippen LogP contribution in [0.4, 0.5) is 0 Å². The second-order valence-corrected chi connectivity index (χ2v) is 5.84. The molecule has 0 radical (unpaired) electrons. The maximum atomic E-state index is 12.1. The quantitative estimate of drug-likeness (QED) is 0.776. The molecule has 0 N–H and O–H groups in total. The fourth-order valence-electron chi connectivity index (χ4n) is 2.89.